The average Bonchev–Trinajstić information content (AvgIpc) is 2.66. The van der Waals surface area contributed by atoms with Crippen LogP contribution in [-0.2, 0) is 4.79 Å². The molecular formula is C11H21N3O. The van der Waals surface area contributed by atoms with Crippen molar-refractivity contribution in [2.75, 3.05) is 32.8 Å². The van der Waals surface area contributed by atoms with Gasteiger partial charge >= 0.3 is 0 Å². The van der Waals surface area contributed by atoms with Gasteiger partial charge in [-0.2, -0.15) is 0 Å². The molecule has 0 aromatic rings. The number of nitrogens with one attached hydrogen (secondary N) is 1. The fourth-order valence-corrected chi connectivity index (χ4v) is 2.58. The Morgan fingerprint density at radius 1 is 1.40 bits per heavy atom. The Balaban J connectivity index is 1.80. The second-order valence-corrected chi connectivity index (χ2v) is 4.52. The fraction of sp³-hybridized carbons (Fsp3) is 0.909. The van der Waals surface area contributed by atoms with Gasteiger partial charge in [-0.3, -0.25) is 10.1 Å². The molecule has 0 aromatic carbocycles. The molecule has 0 saturated carbocycles. The lowest BCUT2D eigenvalue weighted by Crippen LogP contribution is -2.46. The van der Waals surface area contributed by atoms with E-state index >= 15 is 0 Å². The van der Waals surface area contributed by atoms with E-state index in [0.717, 1.165) is 32.6 Å². The van der Waals surface area contributed by atoms with Crippen LogP contribution in [0.5, 0.6) is 0 Å². The van der Waals surface area contributed by atoms with Crippen LogP contribution in [0, 0.1) is 0 Å². The molecule has 0 unspecified atom stereocenters. The van der Waals surface area contributed by atoms with Gasteiger partial charge in [0.1, 0.15) is 0 Å². The third-order valence-corrected chi connectivity index (χ3v) is 3.42. The number of hydrogen-bond donors (Lipinski definition) is 1. The van der Waals surface area contributed by atoms with E-state index in [2.05, 4.69) is 17.1 Å². The van der Waals surface area contributed by atoms with E-state index < -0.39 is 0 Å². The lowest BCUT2D eigenvalue weighted by atomic mass is 10.0. The van der Waals surface area contributed by atoms with Gasteiger partial charge in [-0.1, -0.05) is 6.92 Å². The van der Waals surface area contributed by atoms with Crippen LogP contribution in [0.4, 0.5) is 0 Å². The molecule has 0 aliphatic carbocycles. The zero-order chi connectivity index (χ0) is 10.7. The number of nitrogens with zero attached hydrogens (tertiary/aromatic N) is 2. The van der Waals surface area contributed by atoms with E-state index in [1.54, 1.807) is 0 Å². The predicted octanol–water partition coefficient (Wildman–Crippen LogP) is 0.250. The standard InChI is InChI=1S/C11H21N3O/c1-2-5-13-6-3-10(4-7-13)14-9-12-8-11(14)15/h10,12H,2-9H2,1H3. The maximum atomic E-state index is 11.5. The largest absolute Gasteiger partial charge is 0.326 e. The Hall–Kier alpha value is -0.610. The van der Waals surface area contributed by atoms with E-state index in [1.807, 2.05) is 4.90 Å². The lowest BCUT2D eigenvalue weighted by molar-refractivity contribution is -0.129. The van der Waals surface area contributed by atoms with Gasteiger partial charge in [-0.25, -0.2) is 0 Å². The minimum absolute atomic E-state index is 0.281. The molecule has 4 nitrogen and oxygen atoms in total. The summed E-state index contributed by atoms with van der Waals surface area (Å²) in [4.78, 5) is 16.1. The van der Waals surface area contributed by atoms with Crippen molar-refractivity contribution in [2.45, 2.75) is 32.2 Å². The van der Waals surface area contributed by atoms with Crippen molar-refractivity contribution in [1.82, 2.24) is 15.1 Å². The van der Waals surface area contributed by atoms with Gasteiger partial charge in [0, 0.05) is 19.1 Å². The van der Waals surface area contributed by atoms with Crippen LogP contribution in [0.2, 0.25) is 0 Å². The normalized spacial score (nSPS) is 25.1. The molecule has 0 atom stereocenters. The van der Waals surface area contributed by atoms with Crippen molar-refractivity contribution in [3.05, 3.63) is 0 Å². The van der Waals surface area contributed by atoms with E-state index in [1.165, 1.54) is 13.0 Å². The number of amides is 1. The molecule has 1 N–H and O–H groups in total. The zero-order valence-electron chi connectivity index (χ0n) is 9.54. The topological polar surface area (TPSA) is 35.6 Å². The molecule has 4 heteroatoms. The number of carbonyl (C=O) groups excluding carboxylic acids is 1. The van der Waals surface area contributed by atoms with E-state index in [4.69, 9.17) is 0 Å². The summed E-state index contributed by atoms with van der Waals surface area (Å²) in [6.45, 7) is 7.04. The number of carbonyl (C=O) groups is 1. The van der Waals surface area contributed by atoms with Gasteiger partial charge in [-0.15, -0.1) is 0 Å². The molecule has 15 heavy (non-hydrogen) atoms. The van der Waals surface area contributed by atoms with Crippen LogP contribution in [-0.4, -0.2) is 54.6 Å². The van der Waals surface area contributed by atoms with Gasteiger partial charge in [0.15, 0.2) is 0 Å². The number of likely N-dealkylation sites (tertiary alicyclic amines) is 1. The zero-order valence-corrected chi connectivity index (χ0v) is 9.54. The molecule has 0 aromatic heterocycles. The quantitative estimate of drug-likeness (QED) is 0.727. The van der Waals surface area contributed by atoms with Crippen LogP contribution in [0.15, 0.2) is 0 Å². The SMILES string of the molecule is CCCN1CCC(N2CNCC2=O)CC1. The molecule has 0 bridgehead atoms. The smallest absolute Gasteiger partial charge is 0.237 e. The van der Waals surface area contributed by atoms with Crippen molar-refractivity contribution in [2.24, 2.45) is 0 Å². The lowest BCUT2D eigenvalue weighted by Gasteiger charge is -2.36. The Morgan fingerprint density at radius 3 is 2.67 bits per heavy atom. The Bertz CT molecular complexity index is 224. The number of rotatable bonds is 3. The first kappa shape index (κ1) is 10.9. The summed E-state index contributed by atoms with van der Waals surface area (Å²) < 4.78 is 0. The van der Waals surface area contributed by atoms with Gasteiger partial charge in [-0.05, 0) is 25.8 Å². The van der Waals surface area contributed by atoms with Gasteiger partial charge in [0.25, 0.3) is 0 Å². The van der Waals surface area contributed by atoms with Gasteiger partial charge in [0.2, 0.25) is 5.91 Å². The van der Waals surface area contributed by atoms with Crippen LogP contribution in [0.25, 0.3) is 0 Å². The van der Waals surface area contributed by atoms with Crippen molar-refractivity contribution < 1.29 is 4.79 Å². The summed E-state index contributed by atoms with van der Waals surface area (Å²) in [6.07, 6.45) is 3.52. The summed E-state index contributed by atoms with van der Waals surface area (Å²) in [7, 11) is 0. The highest BCUT2D eigenvalue weighted by Crippen LogP contribution is 2.17. The molecule has 0 radical (unpaired) electrons. The number of hydrogen-bond acceptors (Lipinski definition) is 3. The maximum absolute atomic E-state index is 11.5. The molecule has 1 amide bonds. The summed E-state index contributed by atoms with van der Waals surface area (Å²) >= 11 is 0. The average molecular weight is 211 g/mol. The van der Waals surface area contributed by atoms with Crippen LogP contribution in [0.1, 0.15) is 26.2 Å². The fourth-order valence-electron chi connectivity index (χ4n) is 2.58. The maximum Gasteiger partial charge on any atom is 0.237 e. The minimum Gasteiger partial charge on any atom is -0.326 e. The monoisotopic (exact) mass is 211 g/mol. The first-order valence-electron chi connectivity index (χ1n) is 6.04. The first-order chi connectivity index (χ1) is 7.31. The van der Waals surface area contributed by atoms with Crippen molar-refractivity contribution in [3.8, 4) is 0 Å². The van der Waals surface area contributed by atoms with Crippen molar-refractivity contribution in [1.29, 1.82) is 0 Å². The summed E-state index contributed by atoms with van der Waals surface area (Å²) in [5, 5.41) is 3.12. The number of piperidine rings is 1. The Morgan fingerprint density at radius 2 is 2.13 bits per heavy atom. The van der Waals surface area contributed by atoms with Crippen molar-refractivity contribution in [3.63, 3.8) is 0 Å². The van der Waals surface area contributed by atoms with E-state index in [9.17, 15) is 4.79 Å². The molecular weight excluding hydrogens is 190 g/mol. The molecule has 2 saturated heterocycles. The van der Waals surface area contributed by atoms with Gasteiger partial charge in [0.05, 0.1) is 13.2 Å². The molecule has 2 heterocycles. The molecule has 86 valence electrons. The summed E-state index contributed by atoms with van der Waals surface area (Å²) in [5.74, 6) is 0.281. The van der Waals surface area contributed by atoms with E-state index in [-0.39, 0.29) is 5.91 Å². The third kappa shape index (κ3) is 2.49. The highest BCUT2D eigenvalue weighted by molar-refractivity contribution is 5.80. The molecule has 0 spiro atoms. The van der Waals surface area contributed by atoms with Crippen LogP contribution in [0.3, 0.4) is 0 Å². The second kappa shape index (κ2) is 4.94. The van der Waals surface area contributed by atoms with E-state index in [0.29, 0.717) is 12.6 Å². The highest BCUT2D eigenvalue weighted by atomic mass is 16.2. The second-order valence-electron chi connectivity index (χ2n) is 4.52. The summed E-state index contributed by atoms with van der Waals surface area (Å²) in [5.41, 5.74) is 0. The third-order valence-electron chi connectivity index (χ3n) is 3.42. The molecule has 2 fully saturated rings. The molecule has 2 aliphatic rings. The predicted molar refractivity (Wildman–Crippen MR) is 59.5 cm³/mol. The minimum atomic E-state index is 0.281. The van der Waals surface area contributed by atoms with Crippen LogP contribution < -0.4 is 5.32 Å². The molecule has 2 aliphatic heterocycles. The van der Waals surface area contributed by atoms with Crippen LogP contribution >= 0.6 is 0 Å². The van der Waals surface area contributed by atoms with Crippen molar-refractivity contribution >= 4 is 5.91 Å². The summed E-state index contributed by atoms with van der Waals surface area (Å²) in [6, 6.07) is 0.487. The molecule has 2 rings (SSSR count). The first-order valence-corrected chi connectivity index (χ1v) is 6.04. The highest BCUT2D eigenvalue weighted by Gasteiger charge is 2.30. The van der Waals surface area contributed by atoms with Gasteiger partial charge < -0.3 is 9.80 Å². The Kier molecular flexibility index (Phi) is 3.59. The Labute approximate surface area is 91.6 Å².